The monoisotopic (exact) mass is 529 g/mol. The predicted octanol–water partition coefficient (Wildman–Crippen LogP) is 3.95. The molecule has 0 radical (unpaired) electrons. The number of piperazine rings is 1. The lowest BCUT2D eigenvalue weighted by atomic mass is 9.96. The van der Waals surface area contributed by atoms with E-state index in [4.69, 9.17) is 14.5 Å². The van der Waals surface area contributed by atoms with E-state index in [0.717, 1.165) is 69.6 Å². The first-order valence-electron chi connectivity index (χ1n) is 13.8. The number of nitrogens with zero attached hydrogens (tertiary/aromatic N) is 4. The zero-order valence-electron chi connectivity index (χ0n) is 21.8. The summed E-state index contributed by atoms with van der Waals surface area (Å²) in [7, 11) is 0. The number of phenolic OH excluding ortho intramolecular Hbond substituents is 1. The average molecular weight is 530 g/mol. The first-order valence-corrected chi connectivity index (χ1v) is 13.8. The summed E-state index contributed by atoms with van der Waals surface area (Å²) >= 11 is 0. The van der Waals surface area contributed by atoms with Crippen LogP contribution in [0.5, 0.6) is 11.8 Å². The Labute approximate surface area is 226 Å². The Morgan fingerprint density at radius 1 is 0.974 bits per heavy atom. The molecule has 3 fully saturated rings. The van der Waals surface area contributed by atoms with Crippen molar-refractivity contribution in [2.24, 2.45) is 0 Å². The molecule has 0 saturated carbocycles. The first kappa shape index (κ1) is 24.5. The summed E-state index contributed by atoms with van der Waals surface area (Å²) in [5, 5.41) is 16.4. The highest BCUT2D eigenvalue weighted by Crippen LogP contribution is 2.38. The van der Waals surface area contributed by atoms with Crippen LogP contribution in [0.15, 0.2) is 48.5 Å². The van der Waals surface area contributed by atoms with Crippen LogP contribution < -0.4 is 15.0 Å². The van der Waals surface area contributed by atoms with Gasteiger partial charge in [-0.3, -0.25) is 4.90 Å². The van der Waals surface area contributed by atoms with Gasteiger partial charge in [0, 0.05) is 55.8 Å². The Hall–Kier alpha value is -3.53. The summed E-state index contributed by atoms with van der Waals surface area (Å²) in [6.45, 7) is 5.96. The average Bonchev–Trinajstić information content (AvgIpc) is 3.30. The SMILES string of the molecule is Oc1cc(-c2ccc3c(N4C[C@H]5CC[C@@H](C4)N5)nc(OCCN4CCOCC4)nc3c2F)c2ccccc2c1. The molecule has 2 N–H and O–H groups in total. The van der Waals surface area contributed by atoms with E-state index in [1.807, 2.05) is 30.3 Å². The summed E-state index contributed by atoms with van der Waals surface area (Å²) in [5.74, 6) is 0.365. The summed E-state index contributed by atoms with van der Waals surface area (Å²) in [6.07, 6.45) is 2.27. The molecule has 0 spiro atoms. The third-order valence-corrected chi connectivity index (χ3v) is 8.16. The van der Waals surface area contributed by atoms with E-state index < -0.39 is 5.82 Å². The van der Waals surface area contributed by atoms with Crippen LogP contribution >= 0.6 is 0 Å². The van der Waals surface area contributed by atoms with Crippen molar-refractivity contribution in [2.75, 3.05) is 57.4 Å². The van der Waals surface area contributed by atoms with Gasteiger partial charge in [0.05, 0.1) is 13.2 Å². The van der Waals surface area contributed by atoms with Crippen molar-refractivity contribution in [2.45, 2.75) is 24.9 Å². The molecule has 3 saturated heterocycles. The Morgan fingerprint density at radius 2 is 1.77 bits per heavy atom. The maximum atomic E-state index is 16.4. The number of morpholine rings is 1. The van der Waals surface area contributed by atoms with Gasteiger partial charge in [-0.05, 0) is 47.4 Å². The molecule has 202 valence electrons. The molecular weight excluding hydrogens is 497 g/mol. The Kier molecular flexibility index (Phi) is 6.42. The Balaban J connectivity index is 1.30. The number of hydrogen-bond acceptors (Lipinski definition) is 8. The fourth-order valence-electron chi connectivity index (χ4n) is 6.22. The summed E-state index contributed by atoms with van der Waals surface area (Å²) in [5.41, 5.74) is 1.25. The fourth-order valence-corrected chi connectivity index (χ4v) is 6.22. The number of anilines is 1. The van der Waals surface area contributed by atoms with Crippen LogP contribution in [0.1, 0.15) is 12.8 Å². The second-order valence-corrected chi connectivity index (χ2v) is 10.7. The molecule has 2 bridgehead atoms. The number of halogens is 1. The highest BCUT2D eigenvalue weighted by molar-refractivity contribution is 6.01. The van der Waals surface area contributed by atoms with E-state index in [2.05, 4.69) is 20.1 Å². The third kappa shape index (κ3) is 4.75. The van der Waals surface area contributed by atoms with Crippen molar-refractivity contribution >= 4 is 27.5 Å². The van der Waals surface area contributed by atoms with E-state index in [1.165, 1.54) is 0 Å². The Morgan fingerprint density at radius 3 is 2.59 bits per heavy atom. The molecule has 1 aromatic heterocycles. The molecule has 3 aliphatic rings. The second-order valence-electron chi connectivity index (χ2n) is 10.7. The number of nitrogens with one attached hydrogen (secondary N) is 1. The summed E-state index contributed by atoms with van der Waals surface area (Å²) < 4.78 is 27.9. The minimum absolute atomic E-state index is 0.0926. The van der Waals surface area contributed by atoms with Crippen LogP contribution in [0.4, 0.5) is 10.2 Å². The second kappa shape index (κ2) is 10.2. The first-order chi connectivity index (χ1) is 19.1. The van der Waals surface area contributed by atoms with E-state index >= 15 is 4.39 Å². The smallest absolute Gasteiger partial charge is 0.319 e. The van der Waals surface area contributed by atoms with Gasteiger partial charge >= 0.3 is 6.01 Å². The number of benzene rings is 3. The highest BCUT2D eigenvalue weighted by atomic mass is 19.1. The van der Waals surface area contributed by atoms with Crippen LogP contribution in [-0.2, 0) is 4.74 Å². The number of hydrogen-bond donors (Lipinski definition) is 2. The lowest BCUT2D eigenvalue weighted by Gasteiger charge is -2.34. The van der Waals surface area contributed by atoms with Crippen LogP contribution in [0.2, 0.25) is 0 Å². The van der Waals surface area contributed by atoms with Crippen molar-refractivity contribution in [1.29, 1.82) is 0 Å². The van der Waals surface area contributed by atoms with Crippen LogP contribution in [-0.4, -0.2) is 84.6 Å². The number of ether oxygens (including phenoxy) is 2. The van der Waals surface area contributed by atoms with Gasteiger partial charge in [0.1, 0.15) is 23.7 Å². The van der Waals surface area contributed by atoms with Gasteiger partial charge in [0.2, 0.25) is 0 Å². The molecule has 0 unspecified atom stereocenters. The van der Waals surface area contributed by atoms with Crippen molar-refractivity contribution in [1.82, 2.24) is 20.2 Å². The lowest BCUT2D eigenvalue weighted by molar-refractivity contribution is 0.0317. The van der Waals surface area contributed by atoms with E-state index in [9.17, 15) is 5.11 Å². The molecule has 4 aromatic rings. The summed E-state index contributed by atoms with van der Waals surface area (Å²) in [4.78, 5) is 14.0. The van der Waals surface area contributed by atoms with Gasteiger partial charge in [-0.25, -0.2) is 4.39 Å². The van der Waals surface area contributed by atoms with Crippen LogP contribution in [0.25, 0.3) is 32.8 Å². The predicted molar refractivity (Wildman–Crippen MR) is 149 cm³/mol. The molecule has 3 aromatic carbocycles. The van der Waals surface area contributed by atoms with E-state index in [1.54, 1.807) is 18.2 Å². The highest BCUT2D eigenvalue weighted by Gasteiger charge is 2.34. The van der Waals surface area contributed by atoms with Gasteiger partial charge < -0.3 is 24.8 Å². The van der Waals surface area contributed by atoms with Gasteiger partial charge in [-0.2, -0.15) is 9.97 Å². The molecule has 4 heterocycles. The Bertz CT molecular complexity index is 1510. The zero-order valence-corrected chi connectivity index (χ0v) is 21.8. The lowest BCUT2D eigenvalue weighted by Crippen LogP contribution is -2.51. The summed E-state index contributed by atoms with van der Waals surface area (Å²) in [6, 6.07) is 15.7. The fraction of sp³-hybridized carbons (Fsp3) is 0.400. The maximum absolute atomic E-state index is 16.4. The molecule has 9 heteroatoms. The van der Waals surface area contributed by atoms with Crippen molar-refractivity contribution in [3.05, 3.63) is 54.3 Å². The third-order valence-electron chi connectivity index (χ3n) is 8.16. The van der Waals surface area contributed by atoms with Crippen LogP contribution in [0.3, 0.4) is 0 Å². The molecule has 2 atom stereocenters. The topological polar surface area (TPSA) is 83.0 Å². The number of aromatic nitrogens is 2. The zero-order chi connectivity index (χ0) is 26.3. The van der Waals surface area contributed by atoms with E-state index in [0.29, 0.717) is 41.0 Å². The van der Waals surface area contributed by atoms with Crippen molar-refractivity contribution < 1.29 is 19.0 Å². The number of fused-ring (bicyclic) bond motifs is 4. The van der Waals surface area contributed by atoms with E-state index in [-0.39, 0.29) is 17.3 Å². The van der Waals surface area contributed by atoms with Crippen molar-refractivity contribution in [3.63, 3.8) is 0 Å². The standard InChI is InChI=1S/C30H32FN5O3/c31-27-24(26-16-22(37)15-19-3-1-2-4-23(19)26)7-8-25-28(27)33-30(39-14-11-35-9-12-38-13-10-35)34-29(25)36-17-20-5-6-21(18-36)32-20/h1-4,7-8,15-16,20-21,32,37H,5-6,9-14,17-18H2/t20-,21+. The molecular formula is C30H32FN5O3. The molecule has 7 rings (SSSR count). The van der Waals surface area contributed by atoms with Crippen LogP contribution in [0, 0.1) is 5.82 Å². The minimum Gasteiger partial charge on any atom is -0.508 e. The van der Waals surface area contributed by atoms with Gasteiger partial charge in [-0.15, -0.1) is 0 Å². The van der Waals surface area contributed by atoms with Gasteiger partial charge in [-0.1, -0.05) is 30.3 Å². The normalized spacial score (nSPS) is 21.6. The number of aromatic hydroxyl groups is 1. The van der Waals surface area contributed by atoms with Gasteiger partial charge in [0.25, 0.3) is 0 Å². The molecule has 0 aliphatic carbocycles. The largest absolute Gasteiger partial charge is 0.508 e. The van der Waals surface area contributed by atoms with Gasteiger partial charge in [0.15, 0.2) is 5.82 Å². The molecule has 3 aliphatic heterocycles. The maximum Gasteiger partial charge on any atom is 0.319 e. The van der Waals surface area contributed by atoms with Crippen molar-refractivity contribution in [3.8, 4) is 22.9 Å². The molecule has 0 amide bonds. The quantitative estimate of drug-likeness (QED) is 0.389. The minimum atomic E-state index is -0.442. The number of rotatable bonds is 6. The molecule has 39 heavy (non-hydrogen) atoms. The molecule has 8 nitrogen and oxygen atoms in total. The number of phenols is 1.